The van der Waals surface area contributed by atoms with E-state index in [0.717, 1.165) is 18.4 Å². The molecule has 30 heavy (non-hydrogen) atoms. The molecule has 4 rings (SSSR count). The molecule has 0 N–H and O–H groups in total. The summed E-state index contributed by atoms with van der Waals surface area (Å²) in [7, 11) is 3.21. The first-order valence-corrected chi connectivity index (χ1v) is 10.0. The molecule has 2 aliphatic rings. The van der Waals surface area contributed by atoms with Gasteiger partial charge in [-0.3, -0.25) is 19.3 Å². The van der Waals surface area contributed by atoms with Crippen molar-refractivity contribution in [1.82, 2.24) is 9.80 Å². The molecule has 1 fully saturated rings. The molecule has 0 spiro atoms. The molecule has 0 radical (unpaired) electrons. The van der Waals surface area contributed by atoms with Gasteiger partial charge in [-0.25, -0.2) is 0 Å². The summed E-state index contributed by atoms with van der Waals surface area (Å²) in [5.41, 5.74) is 1.70. The molecule has 1 atom stereocenters. The third kappa shape index (κ3) is 3.40. The predicted octanol–water partition coefficient (Wildman–Crippen LogP) is 3.05. The highest BCUT2D eigenvalue weighted by atomic mass is 16.5. The number of hydrogen-bond acceptors (Lipinski definition) is 5. The van der Waals surface area contributed by atoms with Crippen LogP contribution in [0.2, 0.25) is 0 Å². The SMILES string of the molecule is COc1ccc(OC)c([C@@H]2CCCN2C(=O)CCN2C(=O)c3ccccc3C2=O)c1. The first-order chi connectivity index (χ1) is 14.5. The van der Waals surface area contributed by atoms with Gasteiger partial charge in [0.05, 0.1) is 31.4 Å². The van der Waals surface area contributed by atoms with Gasteiger partial charge >= 0.3 is 0 Å². The molecule has 0 bridgehead atoms. The van der Waals surface area contributed by atoms with E-state index in [4.69, 9.17) is 9.47 Å². The number of amides is 3. The minimum Gasteiger partial charge on any atom is -0.497 e. The Balaban J connectivity index is 1.48. The molecule has 2 aromatic carbocycles. The lowest BCUT2D eigenvalue weighted by molar-refractivity contribution is -0.132. The van der Waals surface area contributed by atoms with Gasteiger partial charge in [-0.15, -0.1) is 0 Å². The number of benzene rings is 2. The zero-order valence-corrected chi connectivity index (χ0v) is 17.1. The number of rotatable bonds is 6. The summed E-state index contributed by atoms with van der Waals surface area (Å²) in [5, 5.41) is 0. The number of imide groups is 1. The molecule has 0 unspecified atom stereocenters. The summed E-state index contributed by atoms with van der Waals surface area (Å²) in [4.78, 5) is 41.1. The number of fused-ring (bicyclic) bond motifs is 1. The van der Waals surface area contributed by atoms with E-state index in [-0.39, 0.29) is 36.7 Å². The van der Waals surface area contributed by atoms with E-state index in [2.05, 4.69) is 0 Å². The molecule has 2 aliphatic heterocycles. The molecule has 0 saturated carbocycles. The molecular weight excluding hydrogens is 384 g/mol. The molecule has 7 heteroatoms. The van der Waals surface area contributed by atoms with Crippen molar-refractivity contribution in [2.24, 2.45) is 0 Å². The standard InChI is InChI=1S/C23H24N2O5/c1-29-15-9-10-20(30-2)18(14-15)19-8-5-12-24(19)21(26)11-13-25-22(27)16-6-3-4-7-17(16)23(25)28/h3-4,6-7,9-10,14,19H,5,8,11-13H2,1-2H3/t19-/m0/s1. The van der Waals surface area contributed by atoms with E-state index in [0.29, 0.717) is 29.2 Å². The van der Waals surface area contributed by atoms with Crippen LogP contribution in [0, 0.1) is 0 Å². The summed E-state index contributed by atoms with van der Waals surface area (Å²) < 4.78 is 10.8. The summed E-state index contributed by atoms with van der Waals surface area (Å²) in [5.74, 6) is 0.655. The zero-order valence-electron chi connectivity index (χ0n) is 17.1. The highest BCUT2D eigenvalue weighted by Crippen LogP contribution is 2.39. The Hall–Kier alpha value is -3.35. The van der Waals surface area contributed by atoms with E-state index >= 15 is 0 Å². The highest BCUT2D eigenvalue weighted by Gasteiger charge is 2.37. The number of carbonyl (C=O) groups is 3. The van der Waals surface area contributed by atoms with Crippen molar-refractivity contribution in [3.05, 3.63) is 59.2 Å². The van der Waals surface area contributed by atoms with E-state index in [1.54, 1.807) is 38.5 Å². The van der Waals surface area contributed by atoms with Crippen molar-refractivity contribution < 1.29 is 23.9 Å². The van der Waals surface area contributed by atoms with Crippen molar-refractivity contribution in [2.75, 3.05) is 27.3 Å². The number of likely N-dealkylation sites (tertiary alicyclic amines) is 1. The first kappa shape index (κ1) is 19.9. The van der Waals surface area contributed by atoms with Gasteiger partial charge in [0.2, 0.25) is 5.91 Å². The van der Waals surface area contributed by atoms with Crippen LogP contribution in [0.5, 0.6) is 11.5 Å². The molecule has 0 aromatic heterocycles. The van der Waals surface area contributed by atoms with E-state index in [9.17, 15) is 14.4 Å². The average Bonchev–Trinajstić information content (AvgIpc) is 3.36. The van der Waals surface area contributed by atoms with Gasteiger partial charge in [0.1, 0.15) is 11.5 Å². The third-order valence-electron chi connectivity index (χ3n) is 5.80. The molecule has 2 heterocycles. The van der Waals surface area contributed by atoms with Crippen LogP contribution in [0.25, 0.3) is 0 Å². The van der Waals surface area contributed by atoms with Crippen molar-refractivity contribution >= 4 is 17.7 Å². The highest BCUT2D eigenvalue weighted by molar-refractivity contribution is 6.21. The number of ether oxygens (including phenoxy) is 2. The van der Waals surface area contributed by atoms with Gasteiger partial charge < -0.3 is 14.4 Å². The van der Waals surface area contributed by atoms with Crippen molar-refractivity contribution in [2.45, 2.75) is 25.3 Å². The Labute approximate surface area is 175 Å². The van der Waals surface area contributed by atoms with Crippen LogP contribution < -0.4 is 9.47 Å². The summed E-state index contributed by atoms with van der Waals surface area (Å²) in [6.45, 7) is 0.704. The first-order valence-electron chi connectivity index (χ1n) is 10.0. The molecular formula is C23H24N2O5. The maximum absolute atomic E-state index is 13.0. The smallest absolute Gasteiger partial charge is 0.261 e. The lowest BCUT2D eigenvalue weighted by Gasteiger charge is -2.27. The molecule has 3 amide bonds. The van der Waals surface area contributed by atoms with Crippen molar-refractivity contribution in [1.29, 1.82) is 0 Å². The van der Waals surface area contributed by atoms with Gasteiger partial charge in [-0.1, -0.05) is 12.1 Å². The number of carbonyl (C=O) groups excluding carboxylic acids is 3. The van der Waals surface area contributed by atoms with Crippen LogP contribution in [0.1, 0.15) is 51.6 Å². The van der Waals surface area contributed by atoms with Gasteiger partial charge in [0.25, 0.3) is 11.8 Å². The summed E-state index contributed by atoms with van der Waals surface area (Å²) in [6.07, 6.45) is 1.79. The van der Waals surface area contributed by atoms with Crippen LogP contribution in [0.15, 0.2) is 42.5 Å². The molecule has 7 nitrogen and oxygen atoms in total. The maximum atomic E-state index is 13.0. The largest absolute Gasteiger partial charge is 0.497 e. The lowest BCUT2D eigenvalue weighted by Crippen LogP contribution is -2.36. The van der Waals surface area contributed by atoms with Crippen LogP contribution in [-0.2, 0) is 4.79 Å². The molecule has 1 saturated heterocycles. The Morgan fingerprint density at radius 3 is 2.37 bits per heavy atom. The summed E-state index contributed by atoms with van der Waals surface area (Å²) >= 11 is 0. The van der Waals surface area contributed by atoms with E-state index in [1.165, 1.54) is 4.90 Å². The topological polar surface area (TPSA) is 76.2 Å². The van der Waals surface area contributed by atoms with Gasteiger partial charge in [-0.05, 0) is 43.2 Å². The zero-order chi connectivity index (χ0) is 21.3. The quantitative estimate of drug-likeness (QED) is 0.687. The molecule has 156 valence electrons. The fourth-order valence-electron chi connectivity index (χ4n) is 4.28. The van der Waals surface area contributed by atoms with Crippen LogP contribution in [-0.4, -0.2) is 54.8 Å². The van der Waals surface area contributed by atoms with Crippen LogP contribution >= 0.6 is 0 Å². The maximum Gasteiger partial charge on any atom is 0.261 e. The fraction of sp³-hybridized carbons (Fsp3) is 0.348. The molecule has 2 aromatic rings. The second-order valence-electron chi connectivity index (χ2n) is 7.41. The average molecular weight is 408 g/mol. The summed E-state index contributed by atoms with van der Waals surface area (Å²) in [6, 6.07) is 12.2. The Morgan fingerprint density at radius 1 is 1.03 bits per heavy atom. The number of nitrogens with zero attached hydrogens (tertiary/aromatic N) is 2. The molecule has 0 aliphatic carbocycles. The van der Waals surface area contributed by atoms with Gasteiger partial charge in [-0.2, -0.15) is 0 Å². The second kappa shape index (κ2) is 8.18. The lowest BCUT2D eigenvalue weighted by atomic mass is 10.0. The third-order valence-corrected chi connectivity index (χ3v) is 5.80. The van der Waals surface area contributed by atoms with Gasteiger partial charge in [0, 0.05) is 25.1 Å². The van der Waals surface area contributed by atoms with Crippen molar-refractivity contribution in [3.8, 4) is 11.5 Å². The number of methoxy groups -OCH3 is 2. The predicted molar refractivity (Wildman–Crippen MR) is 110 cm³/mol. The second-order valence-corrected chi connectivity index (χ2v) is 7.41. The van der Waals surface area contributed by atoms with Crippen LogP contribution in [0.3, 0.4) is 0 Å². The van der Waals surface area contributed by atoms with E-state index < -0.39 is 0 Å². The van der Waals surface area contributed by atoms with Crippen molar-refractivity contribution in [3.63, 3.8) is 0 Å². The fourth-order valence-corrected chi connectivity index (χ4v) is 4.28. The monoisotopic (exact) mass is 408 g/mol. The minimum atomic E-state index is -0.337. The van der Waals surface area contributed by atoms with Crippen LogP contribution in [0.4, 0.5) is 0 Å². The Kier molecular flexibility index (Phi) is 5.44. The van der Waals surface area contributed by atoms with E-state index in [1.807, 2.05) is 23.1 Å². The Bertz CT molecular complexity index is 968. The normalized spacial score (nSPS) is 18.0. The Morgan fingerprint density at radius 2 is 1.73 bits per heavy atom. The number of hydrogen-bond donors (Lipinski definition) is 0. The van der Waals surface area contributed by atoms with Gasteiger partial charge in [0.15, 0.2) is 0 Å². The minimum absolute atomic E-state index is 0.0731.